The van der Waals surface area contributed by atoms with Gasteiger partial charge in [0.05, 0.1) is 25.0 Å². The fourth-order valence-corrected chi connectivity index (χ4v) is 2.19. The zero-order valence-electron chi connectivity index (χ0n) is 12.4. The Hall–Kier alpha value is -0.600. The summed E-state index contributed by atoms with van der Waals surface area (Å²) >= 11 is 12.0. The number of alkyl halides is 2. The van der Waals surface area contributed by atoms with Crippen molar-refractivity contribution in [2.75, 3.05) is 13.2 Å². The minimum Gasteiger partial charge on any atom is -0.493 e. The van der Waals surface area contributed by atoms with Gasteiger partial charge >= 0.3 is 0 Å². The molecule has 4 heteroatoms. The molecule has 2 nitrogen and oxygen atoms in total. The lowest BCUT2D eigenvalue weighted by atomic mass is 10.1. The van der Waals surface area contributed by atoms with Crippen molar-refractivity contribution in [1.82, 2.24) is 0 Å². The number of hydrogen-bond donors (Lipinski definition) is 0. The van der Waals surface area contributed by atoms with Crippen molar-refractivity contribution in [1.29, 1.82) is 0 Å². The molecule has 1 rings (SSSR count). The van der Waals surface area contributed by atoms with E-state index in [1.54, 1.807) is 0 Å². The summed E-state index contributed by atoms with van der Waals surface area (Å²) in [5.74, 6) is 2.47. The lowest BCUT2D eigenvalue weighted by molar-refractivity contribution is 0.297. The second-order valence-electron chi connectivity index (χ2n) is 4.74. The van der Waals surface area contributed by atoms with Gasteiger partial charge in [-0.3, -0.25) is 0 Å². The van der Waals surface area contributed by atoms with E-state index in [1.165, 1.54) is 0 Å². The molecule has 0 aliphatic heterocycles. The lowest BCUT2D eigenvalue weighted by Gasteiger charge is -2.15. The van der Waals surface area contributed by atoms with Crippen molar-refractivity contribution >= 4 is 23.2 Å². The average molecular weight is 319 g/mol. The van der Waals surface area contributed by atoms with Crippen LogP contribution in [0.2, 0.25) is 0 Å². The van der Waals surface area contributed by atoms with Crippen LogP contribution in [-0.4, -0.2) is 13.2 Å². The molecular formula is C16H24Cl2O2. The molecule has 0 radical (unpaired) electrons. The van der Waals surface area contributed by atoms with Crippen LogP contribution in [-0.2, 0) is 11.8 Å². The van der Waals surface area contributed by atoms with Crippen LogP contribution in [0.25, 0.3) is 0 Å². The largest absolute Gasteiger partial charge is 0.493 e. The quantitative estimate of drug-likeness (QED) is 0.417. The summed E-state index contributed by atoms with van der Waals surface area (Å²) < 4.78 is 11.6. The second-order valence-corrected chi connectivity index (χ2v) is 5.27. The van der Waals surface area contributed by atoms with Crippen molar-refractivity contribution in [3.8, 4) is 11.5 Å². The standard InChI is InChI=1S/C16H24Cl2O2/c1-3-5-7-19-15-9-14(12-18)16(10-13(15)11-17)20-8-6-4-2/h9-10H,3-8,11-12H2,1-2H3. The van der Waals surface area contributed by atoms with Crippen molar-refractivity contribution in [2.45, 2.75) is 51.3 Å². The van der Waals surface area contributed by atoms with Gasteiger partial charge in [0.2, 0.25) is 0 Å². The SMILES string of the molecule is CCCCOc1cc(CCl)c(OCCCC)cc1CCl. The molecule has 0 bridgehead atoms. The summed E-state index contributed by atoms with van der Waals surface area (Å²) in [6.45, 7) is 5.69. The summed E-state index contributed by atoms with van der Waals surface area (Å²) in [5, 5.41) is 0. The minimum atomic E-state index is 0.411. The first-order valence-electron chi connectivity index (χ1n) is 7.30. The molecule has 1 aromatic rings. The van der Waals surface area contributed by atoms with Crippen LogP contribution >= 0.6 is 23.2 Å². The van der Waals surface area contributed by atoms with Gasteiger partial charge in [-0.05, 0) is 25.0 Å². The van der Waals surface area contributed by atoms with E-state index in [0.29, 0.717) is 25.0 Å². The van der Waals surface area contributed by atoms with E-state index in [9.17, 15) is 0 Å². The summed E-state index contributed by atoms with van der Waals surface area (Å²) in [6, 6.07) is 3.92. The Morgan fingerprint density at radius 2 is 1.20 bits per heavy atom. The molecule has 1 aromatic carbocycles. The highest BCUT2D eigenvalue weighted by Gasteiger charge is 2.11. The molecule has 0 fully saturated rings. The summed E-state index contributed by atoms with van der Waals surface area (Å²) in [4.78, 5) is 0. The number of rotatable bonds is 10. The van der Waals surface area contributed by atoms with Gasteiger partial charge in [-0.25, -0.2) is 0 Å². The van der Waals surface area contributed by atoms with Gasteiger partial charge in [0, 0.05) is 11.1 Å². The third kappa shape index (κ3) is 5.41. The van der Waals surface area contributed by atoms with Gasteiger partial charge in [0.15, 0.2) is 0 Å². The van der Waals surface area contributed by atoms with Crippen LogP contribution in [0.3, 0.4) is 0 Å². The van der Waals surface area contributed by atoms with Gasteiger partial charge in [-0.15, -0.1) is 23.2 Å². The zero-order valence-corrected chi connectivity index (χ0v) is 13.9. The molecule has 0 atom stereocenters. The Morgan fingerprint density at radius 3 is 1.50 bits per heavy atom. The predicted molar refractivity (Wildman–Crippen MR) is 86.4 cm³/mol. The van der Waals surface area contributed by atoms with Crippen molar-refractivity contribution in [2.24, 2.45) is 0 Å². The fraction of sp³-hybridized carbons (Fsp3) is 0.625. The summed E-state index contributed by atoms with van der Waals surface area (Å²) in [7, 11) is 0. The first-order chi connectivity index (χ1) is 9.76. The van der Waals surface area contributed by atoms with E-state index in [4.69, 9.17) is 32.7 Å². The van der Waals surface area contributed by atoms with Crippen LogP contribution in [0.1, 0.15) is 50.7 Å². The molecule has 20 heavy (non-hydrogen) atoms. The van der Waals surface area contributed by atoms with Gasteiger partial charge in [0.1, 0.15) is 11.5 Å². The molecule has 0 heterocycles. The summed E-state index contributed by atoms with van der Waals surface area (Å²) in [5.41, 5.74) is 1.92. The highest BCUT2D eigenvalue weighted by Crippen LogP contribution is 2.31. The maximum absolute atomic E-state index is 6.01. The second kappa shape index (κ2) is 10.2. The third-order valence-electron chi connectivity index (χ3n) is 3.04. The van der Waals surface area contributed by atoms with E-state index >= 15 is 0 Å². The molecule has 0 spiro atoms. The normalized spacial score (nSPS) is 10.6. The average Bonchev–Trinajstić information content (AvgIpc) is 2.48. The van der Waals surface area contributed by atoms with Crippen LogP contribution in [0.4, 0.5) is 0 Å². The Morgan fingerprint density at radius 1 is 0.800 bits per heavy atom. The minimum absolute atomic E-state index is 0.411. The van der Waals surface area contributed by atoms with Gasteiger partial charge in [-0.1, -0.05) is 26.7 Å². The van der Waals surface area contributed by atoms with E-state index in [2.05, 4.69) is 13.8 Å². The van der Waals surface area contributed by atoms with E-state index in [-0.39, 0.29) is 0 Å². The monoisotopic (exact) mass is 318 g/mol. The number of halogens is 2. The maximum Gasteiger partial charge on any atom is 0.124 e. The van der Waals surface area contributed by atoms with Gasteiger partial charge in [0.25, 0.3) is 0 Å². The smallest absolute Gasteiger partial charge is 0.124 e. The highest BCUT2D eigenvalue weighted by molar-refractivity contribution is 6.18. The van der Waals surface area contributed by atoms with Crippen LogP contribution < -0.4 is 9.47 Å². The molecule has 0 unspecified atom stereocenters. The number of unbranched alkanes of at least 4 members (excludes halogenated alkanes) is 2. The first kappa shape index (κ1) is 17.5. The maximum atomic E-state index is 6.01. The molecule has 114 valence electrons. The number of hydrogen-bond acceptors (Lipinski definition) is 2. The summed E-state index contributed by atoms with van der Waals surface area (Å²) in [6.07, 6.45) is 4.28. The Bertz CT molecular complexity index is 357. The van der Waals surface area contributed by atoms with Crippen LogP contribution in [0, 0.1) is 0 Å². The highest BCUT2D eigenvalue weighted by atomic mass is 35.5. The Labute approximate surface area is 132 Å². The van der Waals surface area contributed by atoms with Crippen molar-refractivity contribution in [3.05, 3.63) is 23.3 Å². The fourth-order valence-electron chi connectivity index (χ4n) is 1.77. The molecule has 0 N–H and O–H groups in total. The van der Waals surface area contributed by atoms with Crippen molar-refractivity contribution < 1.29 is 9.47 Å². The topological polar surface area (TPSA) is 18.5 Å². The lowest BCUT2D eigenvalue weighted by Crippen LogP contribution is -2.03. The molecular weight excluding hydrogens is 295 g/mol. The molecule has 0 saturated carbocycles. The van der Waals surface area contributed by atoms with E-state index in [0.717, 1.165) is 48.3 Å². The zero-order chi connectivity index (χ0) is 14.8. The molecule has 0 aliphatic carbocycles. The van der Waals surface area contributed by atoms with Crippen LogP contribution in [0.5, 0.6) is 11.5 Å². The van der Waals surface area contributed by atoms with E-state index < -0.39 is 0 Å². The first-order valence-corrected chi connectivity index (χ1v) is 8.37. The van der Waals surface area contributed by atoms with Crippen LogP contribution in [0.15, 0.2) is 12.1 Å². The van der Waals surface area contributed by atoms with E-state index in [1.807, 2.05) is 12.1 Å². The molecule has 0 aliphatic rings. The van der Waals surface area contributed by atoms with Gasteiger partial charge < -0.3 is 9.47 Å². The molecule has 0 aromatic heterocycles. The molecule has 0 saturated heterocycles. The number of benzene rings is 1. The van der Waals surface area contributed by atoms with Crippen molar-refractivity contribution in [3.63, 3.8) is 0 Å². The predicted octanol–water partition coefficient (Wildman–Crippen LogP) is 5.52. The Balaban J connectivity index is 2.85. The Kier molecular flexibility index (Phi) is 8.88. The number of ether oxygens (including phenoxy) is 2. The molecule has 0 amide bonds. The van der Waals surface area contributed by atoms with Gasteiger partial charge in [-0.2, -0.15) is 0 Å². The third-order valence-corrected chi connectivity index (χ3v) is 3.62.